The lowest BCUT2D eigenvalue weighted by atomic mass is 9.73. The molecule has 1 saturated carbocycles. The van der Waals surface area contributed by atoms with Gasteiger partial charge in [0.15, 0.2) is 0 Å². The van der Waals surface area contributed by atoms with Crippen molar-refractivity contribution in [3.8, 4) is 0 Å². The van der Waals surface area contributed by atoms with E-state index in [1.807, 2.05) is 0 Å². The maximum atomic E-state index is 3.75. The van der Waals surface area contributed by atoms with Crippen molar-refractivity contribution < 1.29 is 0 Å². The molecule has 2 rings (SSSR count). The van der Waals surface area contributed by atoms with Gasteiger partial charge in [-0.05, 0) is 42.4 Å². The van der Waals surface area contributed by atoms with E-state index in [0.717, 1.165) is 6.54 Å². The summed E-state index contributed by atoms with van der Waals surface area (Å²) in [6.07, 6.45) is 5.43. The molecule has 0 aromatic heterocycles. The molecule has 1 nitrogen and oxygen atoms in total. The van der Waals surface area contributed by atoms with E-state index < -0.39 is 0 Å². The minimum absolute atomic E-state index is 0.445. The van der Waals surface area contributed by atoms with E-state index in [1.54, 1.807) is 0 Å². The number of hydrogen-bond acceptors (Lipinski definition) is 1. The van der Waals surface area contributed by atoms with Gasteiger partial charge in [0.05, 0.1) is 0 Å². The highest BCUT2D eigenvalue weighted by molar-refractivity contribution is 9.10. The largest absolute Gasteiger partial charge is 0.309 e. The van der Waals surface area contributed by atoms with Gasteiger partial charge in [0.25, 0.3) is 0 Å². The van der Waals surface area contributed by atoms with Crippen LogP contribution >= 0.6 is 15.9 Å². The molecule has 0 spiro atoms. The molecule has 1 aliphatic rings. The van der Waals surface area contributed by atoms with E-state index in [-0.39, 0.29) is 0 Å². The maximum absolute atomic E-state index is 3.75. The third kappa shape index (κ3) is 3.36. The van der Waals surface area contributed by atoms with Gasteiger partial charge in [-0.2, -0.15) is 0 Å². The summed E-state index contributed by atoms with van der Waals surface area (Å²) in [6.45, 7) is 7.91. The first-order chi connectivity index (χ1) is 8.49. The Morgan fingerprint density at radius 3 is 2.78 bits per heavy atom. The molecule has 1 fully saturated rings. The molecule has 18 heavy (non-hydrogen) atoms. The molecule has 0 bridgehead atoms. The minimum Gasteiger partial charge on any atom is -0.309 e. The van der Waals surface area contributed by atoms with Gasteiger partial charge in [0, 0.05) is 17.1 Å². The molecule has 1 unspecified atom stereocenters. The summed E-state index contributed by atoms with van der Waals surface area (Å²) in [5.74, 6) is 0. The molecule has 0 amide bonds. The topological polar surface area (TPSA) is 12.0 Å². The summed E-state index contributed by atoms with van der Waals surface area (Å²) in [5.41, 5.74) is 3.12. The highest BCUT2D eigenvalue weighted by Gasteiger charge is 2.31. The van der Waals surface area contributed by atoms with Gasteiger partial charge in [-0.25, -0.2) is 0 Å². The second-order valence-electron chi connectivity index (χ2n) is 6.25. The second kappa shape index (κ2) is 5.75. The number of rotatable bonds is 3. The molecule has 1 aliphatic carbocycles. The first kappa shape index (κ1) is 14.1. The summed E-state index contributed by atoms with van der Waals surface area (Å²) in [5, 5.41) is 3.75. The average molecular weight is 310 g/mol. The smallest absolute Gasteiger partial charge is 0.0208 e. The van der Waals surface area contributed by atoms with Crippen LogP contribution in [0.4, 0.5) is 0 Å². The van der Waals surface area contributed by atoms with Crippen LogP contribution < -0.4 is 5.32 Å². The van der Waals surface area contributed by atoms with E-state index >= 15 is 0 Å². The van der Waals surface area contributed by atoms with Gasteiger partial charge >= 0.3 is 0 Å². The Kier molecular flexibility index (Phi) is 4.50. The number of hydrogen-bond donors (Lipinski definition) is 1. The molecule has 0 aliphatic heterocycles. The fourth-order valence-corrected chi connectivity index (χ4v) is 3.29. The number of nitrogens with one attached hydrogen (secondary N) is 1. The Hall–Kier alpha value is -0.340. The van der Waals surface area contributed by atoms with Crippen molar-refractivity contribution in [2.75, 3.05) is 0 Å². The van der Waals surface area contributed by atoms with Crippen LogP contribution in [0.3, 0.4) is 0 Å². The summed E-state index contributed by atoms with van der Waals surface area (Å²) in [6, 6.07) is 7.31. The van der Waals surface area contributed by atoms with Crippen molar-refractivity contribution >= 4 is 15.9 Å². The van der Waals surface area contributed by atoms with Crippen molar-refractivity contribution in [3.63, 3.8) is 0 Å². The van der Waals surface area contributed by atoms with Crippen LogP contribution in [0.2, 0.25) is 0 Å². The number of aryl methyl sites for hydroxylation is 1. The predicted octanol–water partition coefficient (Wildman–Crippen LogP) is 4.82. The molecule has 1 N–H and O–H groups in total. The second-order valence-corrected chi connectivity index (χ2v) is 7.11. The molecule has 1 aromatic rings. The van der Waals surface area contributed by atoms with Crippen molar-refractivity contribution in [1.82, 2.24) is 5.32 Å². The van der Waals surface area contributed by atoms with Gasteiger partial charge < -0.3 is 5.32 Å². The molecular formula is C16H24BrN. The predicted molar refractivity (Wildman–Crippen MR) is 81.8 cm³/mol. The molecule has 0 heterocycles. The zero-order valence-electron chi connectivity index (χ0n) is 11.7. The summed E-state index contributed by atoms with van der Waals surface area (Å²) in [7, 11) is 0. The molecule has 1 atom stereocenters. The van der Waals surface area contributed by atoms with Crippen LogP contribution in [0.15, 0.2) is 22.7 Å². The van der Waals surface area contributed by atoms with Crippen LogP contribution in [-0.2, 0) is 6.54 Å². The molecule has 2 heteroatoms. The fourth-order valence-electron chi connectivity index (χ4n) is 2.86. The van der Waals surface area contributed by atoms with Gasteiger partial charge in [0.2, 0.25) is 0 Å². The zero-order chi connectivity index (χ0) is 13.2. The van der Waals surface area contributed by atoms with Gasteiger partial charge in [-0.15, -0.1) is 0 Å². The molecule has 0 saturated heterocycles. The van der Waals surface area contributed by atoms with E-state index in [1.165, 1.54) is 41.3 Å². The Labute approximate surface area is 119 Å². The normalized spacial score (nSPS) is 23.0. The standard InChI is InChI=1S/C16H24BrN/c1-12-7-8-13(10-14(12)17)11-18-15-6-4-5-9-16(15,2)3/h7-8,10,15,18H,4-6,9,11H2,1-3H3. The monoisotopic (exact) mass is 309 g/mol. The summed E-state index contributed by atoms with van der Waals surface area (Å²) < 4.78 is 1.21. The lowest BCUT2D eigenvalue weighted by molar-refractivity contribution is 0.167. The minimum atomic E-state index is 0.445. The van der Waals surface area contributed by atoms with Crippen LogP contribution in [-0.4, -0.2) is 6.04 Å². The highest BCUT2D eigenvalue weighted by atomic mass is 79.9. The molecule has 100 valence electrons. The third-order valence-electron chi connectivity index (χ3n) is 4.30. The highest BCUT2D eigenvalue weighted by Crippen LogP contribution is 2.35. The van der Waals surface area contributed by atoms with Crippen molar-refractivity contribution in [1.29, 1.82) is 0 Å². The SMILES string of the molecule is Cc1ccc(CNC2CCCCC2(C)C)cc1Br. The quantitative estimate of drug-likeness (QED) is 0.844. The Balaban J connectivity index is 1.96. The number of halogens is 1. The van der Waals surface area contributed by atoms with Gasteiger partial charge in [-0.1, -0.05) is 54.8 Å². The maximum Gasteiger partial charge on any atom is 0.0208 e. The van der Waals surface area contributed by atoms with E-state index in [0.29, 0.717) is 11.5 Å². The van der Waals surface area contributed by atoms with E-state index in [4.69, 9.17) is 0 Å². The van der Waals surface area contributed by atoms with Crippen LogP contribution in [0, 0.1) is 12.3 Å². The lowest BCUT2D eigenvalue weighted by Crippen LogP contribution is -2.43. The summed E-state index contributed by atoms with van der Waals surface area (Å²) in [4.78, 5) is 0. The number of benzene rings is 1. The third-order valence-corrected chi connectivity index (χ3v) is 5.15. The van der Waals surface area contributed by atoms with Crippen LogP contribution in [0.25, 0.3) is 0 Å². The summed E-state index contributed by atoms with van der Waals surface area (Å²) >= 11 is 3.61. The molecule has 0 radical (unpaired) electrons. The van der Waals surface area contributed by atoms with E-state index in [9.17, 15) is 0 Å². The Bertz CT molecular complexity index is 412. The Morgan fingerprint density at radius 2 is 2.11 bits per heavy atom. The zero-order valence-corrected chi connectivity index (χ0v) is 13.3. The van der Waals surface area contributed by atoms with Crippen LogP contribution in [0.5, 0.6) is 0 Å². The Morgan fingerprint density at radius 1 is 1.33 bits per heavy atom. The van der Waals surface area contributed by atoms with Crippen molar-refractivity contribution in [2.24, 2.45) is 5.41 Å². The van der Waals surface area contributed by atoms with Gasteiger partial charge in [0.1, 0.15) is 0 Å². The molecular weight excluding hydrogens is 286 g/mol. The van der Waals surface area contributed by atoms with Crippen molar-refractivity contribution in [3.05, 3.63) is 33.8 Å². The first-order valence-electron chi connectivity index (χ1n) is 6.97. The van der Waals surface area contributed by atoms with Crippen molar-refractivity contribution in [2.45, 2.75) is 59.0 Å². The van der Waals surface area contributed by atoms with Crippen LogP contribution in [0.1, 0.15) is 50.7 Å². The van der Waals surface area contributed by atoms with Gasteiger partial charge in [-0.3, -0.25) is 0 Å². The fraction of sp³-hybridized carbons (Fsp3) is 0.625. The molecule has 1 aromatic carbocycles. The van der Waals surface area contributed by atoms with E-state index in [2.05, 4.69) is 60.2 Å². The average Bonchev–Trinajstić information content (AvgIpc) is 2.31. The first-order valence-corrected chi connectivity index (χ1v) is 7.77. The lowest BCUT2D eigenvalue weighted by Gasteiger charge is -2.39.